The normalized spacial score (nSPS) is 40.1. The van der Waals surface area contributed by atoms with Gasteiger partial charge in [0.25, 0.3) is 11.7 Å². The third kappa shape index (κ3) is 14.1. The molecule has 0 spiro atoms. The molecule has 354 valence electrons. The van der Waals surface area contributed by atoms with Crippen molar-refractivity contribution in [3.63, 3.8) is 0 Å². The minimum absolute atomic E-state index is 0.00753. The summed E-state index contributed by atoms with van der Waals surface area (Å²) in [6, 6.07) is -1.12. The topological polar surface area (TPSA) is 186 Å². The molecule has 0 aromatic carbocycles. The molecule has 13 nitrogen and oxygen atoms in total. The summed E-state index contributed by atoms with van der Waals surface area (Å²) < 4.78 is 23.5. The number of hydrogen-bond acceptors (Lipinski definition) is 12. The van der Waals surface area contributed by atoms with Crippen LogP contribution < -0.4 is 0 Å². The molecule has 13 heteroatoms. The zero-order valence-corrected chi connectivity index (χ0v) is 39.3. The second-order valence-corrected chi connectivity index (χ2v) is 19.3. The van der Waals surface area contributed by atoms with E-state index in [1.165, 1.54) is 12.0 Å². The average Bonchev–Trinajstić information content (AvgIpc) is 3.26. The van der Waals surface area contributed by atoms with Gasteiger partial charge in [-0.2, -0.15) is 0 Å². The standard InChI is InChI=1S/C50H77NO12/c1-30-16-11-10-12-17-31(2)41(52)28-39-22-21-36(7)50(59,63-39)47(56)48(57)51-23-14-13-20-40(51)49(58)62-43(33(4)26-37-18-15-19-38(27-37)60-8)29-42(53)32(3)25-35(6)45(55)46(61-9)44(54)34(5)24-30/h10-12,16-17,25,30,32-34,36-41,43,45-46,52,55,59H,13-15,18-24,26-29H2,1-9H3/b12-10+,16-11+,31-17+,35-25+/t30-,32-,33-,34-,36-,37+,38+,39+,40+,41+,43+,45-,46?,50-/m1/s1. The van der Waals surface area contributed by atoms with Crippen molar-refractivity contribution in [1.29, 1.82) is 0 Å². The fraction of sp³-hybridized carbons (Fsp3) is 0.740. The number of rotatable bonds is 5. The maximum atomic E-state index is 14.3. The Morgan fingerprint density at radius 3 is 2.29 bits per heavy atom. The molecule has 1 aliphatic carbocycles. The van der Waals surface area contributed by atoms with E-state index in [4.69, 9.17) is 18.9 Å². The van der Waals surface area contributed by atoms with E-state index in [-0.39, 0.29) is 61.2 Å². The first kappa shape index (κ1) is 52.3. The van der Waals surface area contributed by atoms with Crippen molar-refractivity contribution in [2.75, 3.05) is 20.8 Å². The van der Waals surface area contributed by atoms with Crippen LogP contribution in [0.1, 0.15) is 132 Å². The van der Waals surface area contributed by atoms with Gasteiger partial charge in [0.15, 0.2) is 5.78 Å². The monoisotopic (exact) mass is 884 g/mol. The number of hydrogen-bond donors (Lipinski definition) is 3. The first-order valence-electron chi connectivity index (χ1n) is 23.4. The van der Waals surface area contributed by atoms with Crippen molar-refractivity contribution in [1.82, 2.24) is 4.90 Å². The molecule has 0 aromatic heterocycles. The highest BCUT2D eigenvalue weighted by atomic mass is 16.6. The van der Waals surface area contributed by atoms with Crippen molar-refractivity contribution >= 4 is 29.2 Å². The molecule has 0 aromatic rings. The maximum absolute atomic E-state index is 14.3. The van der Waals surface area contributed by atoms with Crippen LogP contribution in [-0.2, 0) is 42.9 Å². The molecule has 1 amide bonds. The van der Waals surface area contributed by atoms with Crippen LogP contribution in [0.4, 0.5) is 0 Å². The number of cyclic esters (lactones) is 1. The lowest BCUT2D eigenvalue weighted by Gasteiger charge is -2.42. The number of ketones is 3. The number of amides is 1. The number of Topliss-reactive ketones (excluding diaryl/α,β-unsaturated/α-hetero) is 3. The van der Waals surface area contributed by atoms with Crippen LogP contribution in [0.25, 0.3) is 0 Å². The van der Waals surface area contributed by atoms with Gasteiger partial charge < -0.3 is 39.2 Å². The van der Waals surface area contributed by atoms with E-state index in [9.17, 15) is 39.3 Å². The van der Waals surface area contributed by atoms with Crippen LogP contribution in [0.2, 0.25) is 0 Å². The molecule has 3 fully saturated rings. The minimum Gasteiger partial charge on any atom is -0.460 e. The van der Waals surface area contributed by atoms with Gasteiger partial charge in [-0.25, -0.2) is 4.79 Å². The van der Waals surface area contributed by atoms with Crippen molar-refractivity contribution in [3.05, 3.63) is 47.6 Å². The number of carbonyl (C=O) groups is 5. The molecule has 2 bridgehead atoms. The van der Waals surface area contributed by atoms with E-state index in [0.717, 1.165) is 25.7 Å². The number of aliphatic hydroxyl groups excluding tert-OH is 2. The van der Waals surface area contributed by atoms with Gasteiger partial charge in [-0.3, -0.25) is 19.2 Å². The van der Waals surface area contributed by atoms with E-state index >= 15 is 0 Å². The number of methoxy groups -OCH3 is 2. The van der Waals surface area contributed by atoms with Crippen molar-refractivity contribution in [2.45, 2.75) is 180 Å². The molecule has 1 saturated carbocycles. The molecule has 4 aliphatic rings. The van der Waals surface area contributed by atoms with E-state index < -0.39 is 77.8 Å². The quantitative estimate of drug-likeness (QED) is 0.154. The summed E-state index contributed by atoms with van der Waals surface area (Å²) in [6.45, 7) is 12.6. The van der Waals surface area contributed by atoms with E-state index in [2.05, 4.69) is 0 Å². The average molecular weight is 884 g/mol. The van der Waals surface area contributed by atoms with Gasteiger partial charge in [0.05, 0.1) is 18.3 Å². The molecule has 4 rings (SSSR count). The van der Waals surface area contributed by atoms with Crippen molar-refractivity contribution in [2.24, 2.45) is 35.5 Å². The summed E-state index contributed by atoms with van der Waals surface area (Å²) in [4.78, 5) is 71.4. The molecular formula is C50H77NO12. The number of carbonyl (C=O) groups excluding carboxylic acids is 5. The van der Waals surface area contributed by atoms with Gasteiger partial charge in [0.1, 0.15) is 30.1 Å². The zero-order valence-electron chi connectivity index (χ0n) is 39.3. The highest BCUT2D eigenvalue weighted by molar-refractivity contribution is 6.39. The van der Waals surface area contributed by atoms with Crippen LogP contribution >= 0.6 is 0 Å². The second kappa shape index (κ2) is 24.3. The van der Waals surface area contributed by atoms with Gasteiger partial charge in [-0.1, -0.05) is 83.9 Å². The Kier molecular flexibility index (Phi) is 20.1. The fourth-order valence-corrected chi connectivity index (χ4v) is 9.86. The summed E-state index contributed by atoms with van der Waals surface area (Å²) in [5.41, 5.74) is 1.03. The van der Waals surface area contributed by atoms with Gasteiger partial charge in [0.2, 0.25) is 5.79 Å². The summed E-state index contributed by atoms with van der Waals surface area (Å²) in [6.07, 6.45) is 13.1. The lowest BCUT2D eigenvalue weighted by Crippen LogP contribution is -2.61. The van der Waals surface area contributed by atoms with Crippen molar-refractivity contribution < 1.29 is 58.2 Å². The van der Waals surface area contributed by atoms with Crippen LogP contribution in [0.5, 0.6) is 0 Å². The summed E-state index contributed by atoms with van der Waals surface area (Å²) in [5.74, 6) is -7.73. The summed E-state index contributed by atoms with van der Waals surface area (Å²) >= 11 is 0. The third-order valence-corrected chi connectivity index (χ3v) is 14.1. The Morgan fingerprint density at radius 1 is 0.857 bits per heavy atom. The lowest BCUT2D eigenvalue weighted by molar-refractivity contribution is -0.265. The van der Waals surface area contributed by atoms with Crippen molar-refractivity contribution in [3.8, 4) is 0 Å². The predicted molar refractivity (Wildman–Crippen MR) is 239 cm³/mol. The zero-order chi connectivity index (χ0) is 46.6. The van der Waals surface area contributed by atoms with Crippen LogP contribution in [0.3, 0.4) is 0 Å². The number of allylic oxidation sites excluding steroid dienone is 6. The Hall–Kier alpha value is -3.33. The number of fused-ring (bicyclic) bond motifs is 3. The first-order valence-corrected chi connectivity index (χ1v) is 23.4. The van der Waals surface area contributed by atoms with Crippen LogP contribution in [0, 0.1) is 35.5 Å². The Balaban J connectivity index is 1.69. The molecular weight excluding hydrogens is 807 g/mol. The highest BCUT2D eigenvalue weighted by Crippen LogP contribution is 2.37. The molecule has 3 N–H and O–H groups in total. The molecule has 63 heavy (non-hydrogen) atoms. The number of ether oxygens (including phenoxy) is 4. The molecule has 14 atom stereocenters. The molecule has 0 radical (unpaired) electrons. The first-order chi connectivity index (χ1) is 29.8. The number of aliphatic hydroxyl groups is 3. The van der Waals surface area contributed by atoms with E-state index in [1.54, 1.807) is 53.0 Å². The summed E-state index contributed by atoms with van der Waals surface area (Å²) in [7, 11) is 3.09. The van der Waals surface area contributed by atoms with Crippen LogP contribution in [0.15, 0.2) is 47.6 Å². The second-order valence-electron chi connectivity index (χ2n) is 19.3. The predicted octanol–water partition coefficient (Wildman–Crippen LogP) is 6.56. The molecule has 3 aliphatic heterocycles. The smallest absolute Gasteiger partial charge is 0.329 e. The SMILES string of the molecule is COC1C(=O)[C@H](C)C[C@H](C)/C=C/C=C/C=C(\C)[C@@H](O)C[C@@H]2CC[C@@H](C)[C@@](O)(O2)C(=O)C(=O)N2CCCC[C@H]2C(=O)O[C@H]([C@H](C)C[C@@H]2CCC[C@H](OC)C2)CC(=O)[C@H](C)/C=C(\C)[C@H]1O. The van der Waals surface area contributed by atoms with Gasteiger partial charge >= 0.3 is 5.97 Å². The Morgan fingerprint density at radius 2 is 1.59 bits per heavy atom. The molecule has 1 unspecified atom stereocenters. The third-order valence-electron chi connectivity index (χ3n) is 14.1. The Bertz CT molecular complexity index is 1700. The largest absolute Gasteiger partial charge is 0.460 e. The van der Waals surface area contributed by atoms with E-state index in [0.29, 0.717) is 49.7 Å². The summed E-state index contributed by atoms with van der Waals surface area (Å²) in [5, 5.41) is 34.3. The highest BCUT2D eigenvalue weighted by Gasteiger charge is 2.53. The van der Waals surface area contributed by atoms with E-state index in [1.807, 2.05) is 39.0 Å². The van der Waals surface area contributed by atoms with Gasteiger partial charge in [-0.15, -0.1) is 0 Å². The Labute approximate surface area is 375 Å². The minimum atomic E-state index is -2.46. The van der Waals surface area contributed by atoms with Gasteiger partial charge in [0, 0.05) is 51.4 Å². The lowest BCUT2D eigenvalue weighted by atomic mass is 9.79. The van der Waals surface area contributed by atoms with Crippen LogP contribution in [-0.4, -0.2) is 119 Å². The van der Waals surface area contributed by atoms with Gasteiger partial charge in [-0.05, 0) is 101 Å². The molecule has 2 saturated heterocycles. The fourth-order valence-electron chi connectivity index (χ4n) is 9.86. The number of esters is 1. The number of piperidine rings is 1. The maximum Gasteiger partial charge on any atom is 0.329 e. The molecule has 3 heterocycles. The number of nitrogens with zero attached hydrogens (tertiary/aromatic N) is 1.